The molecule has 1 aromatic rings. The summed E-state index contributed by atoms with van der Waals surface area (Å²) in [6.45, 7) is 0.594. The van der Waals surface area contributed by atoms with Crippen molar-refractivity contribution in [3.8, 4) is 0 Å². The monoisotopic (exact) mass is 328 g/mol. The predicted molar refractivity (Wildman–Crippen MR) is 76.4 cm³/mol. The zero-order chi connectivity index (χ0) is 14.0. The summed E-state index contributed by atoms with van der Waals surface area (Å²) in [5, 5.41) is 0. The van der Waals surface area contributed by atoms with Crippen molar-refractivity contribution in [1.82, 2.24) is 4.90 Å². The lowest BCUT2D eigenvalue weighted by Crippen LogP contribution is -2.41. The molecule has 2 atom stereocenters. The fourth-order valence-electron chi connectivity index (χ4n) is 2.79. The smallest absolute Gasteiger partial charge is 0.253 e. The molecule has 0 bridgehead atoms. The van der Waals surface area contributed by atoms with Gasteiger partial charge >= 0.3 is 0 Å². The largest absolute Gasteiger partial charge is 0.338 e. The third-order valence-electron chi connectivity index (χ3n) is 3.91. The highest BCUT2D eigenvalue weighted by atomic mass is 79.9. The molecule has 0 aromatic heterocycles. The normalized spacial score (nSPS) is 22.5. The summed E-state index contributed by atoms with van der Waals surface area (Å²) in [6, 6.07) is 4.64. The van der Waals surface area contributed by atoms with Crippen LogP contribution in [0.3, 0.4) is 0 Å². The Morgan fingerprint density at radius 1 is 1.53 bits per heavy atom. The highest BCUT2D eigenvalue weighted by molar-refractivity contribution is 9.10. The topological polar surface area (TPSA) is 46.3 Å². The van der Waals surface area contributed by atoms with E-state index in [0.717, 1.165) is 19.3 Å². The van der Waals surface area contributed by atoms with Crippen LogP contribution in [0.4, 0.5) is 4.39 Å². The molecule has 1 aliphatic carbocycles. The van der Waals surface area contributed by atoms with Gasteiger partial charge in [-0.15, -0.1) is 0 Å². The quantitative estimate of drug-likeness (QED) is 0.927. The summed E-state index contributed by atoms with van der Waals surface area (Å²) in [4.78, 5) is 14.1. The molecule has 0 heterocycles. The molecule has 2 rings (SSSR count). The van der Waals surface area contributed by atoms with Crippen LogP contribution < -0.4 is 5.73 Å². The predicted octanol–water partition coefficient (Wildman–Crippen LogP) is 2.79. The maximum Gasteiger partial charge on any atom is 0.253 e. The van der Waals surface area contributed by atoms with Gasteiger partial charge in [-0.25, -0.2) is 4.39 Å². The molecule has 1 amide bonds. The van der Waals surface area contributed by atoms with Crippen molar-refractivity contribution in [3.63, 3.8) is 0 Å². The first-order valence-electron chi connectivity index (χ1n) is 6.47. The van der Waals surface area contributed by atoms with E-state index in [2.05, 4.69) is 15.9 Å². The number of halogens is 2. The van der Waals surface area contributed by atoms with Gasteiger partial charge < -0.3 is 10.6 Å². The number of benzene rings is 1. The van der Waals surface area contributed by atoms with Crippen LogP contribution in [0.1, 0.15) is 29.6 Å². The number of nitrogens with two attached hydrogens (primary N) is 1. The Kier molecular flexibility index (Phi) is 4.58. The van der Waals surface area contributed by atoms with E-state index < -0.39 is 5.82 Å². The van der Waals surface area contributed by atoms with Gasteiger partial charge in [-0.2, -0.15) is 0 Å². The van der Waals surface area contributed by atoms with E-state index in [0.29, 0.717) is 22.5 Å². The average molecular weight is 329 g/mol. The molecule has 104 valence electrons. The highest BCUT2D eigenvalue weighted by Crippen LogP contribution is 2.29. The van der Waals surface area contributed by atoms with Crippen LogP contribution >= 0.6 is 15.9 Å². The summed E-state index contributed by atoms with van der Waals surface area (Å²) in [6.07, 6.45) is 3.13. The van der Waals surface area contributed by atoms with E-state index in [4.69, 9.17) is 5.73 Å². The maximum absolute atomic E-state index is 13.5. The molecule has 1 saturated carbocycles. The third kappa shape index (κ3) is 2.98. The van der Waals surface area contributed by atoms with Gasteiger partial charge in [0.15, 0.2) is 0 Å². The molecule has 2 unspecified atom stereocenters. The molecule has 0 saturated heterocycles. The van der Waals surface area contributed by atoms with Gasteiger partial charge in [0.1, 0.15) is 5.82 Å². The molecule has 1 fully saturated rings. The van der Waals surface area contributed by atoms with Crippen molar-refractivity contribution >= 4 is 21.8 Å². The fraction of sp³-hybridized carbons (Fsp3) is 0.500. The number of carbonyl (C=O) groups excluding carboxylic acids is 1. The number of nitrogens with zero attached hydrogens (tertiary/aromatic N) is 1. The first kappa shape index (κ1) is 14.5. The minimum Gasteiger partial charge on any atom is -0.338 e. The molecular weight excluding hydrogens is 311 g/mol. The summed E-state index contributed by atoms with van der Waals surface area (Å²) in [5.41, 5.74) is 6.12. The van der Waals surface area contributed by atoms with Crippen LogP contribution in [-0.2, 0) is 0 Å². The third-order valence-corrected chi connectivity index (χ3v) is 4.55. The Hall–Kier alpha value is -0.940. The van der Waals surface area contributed by atoms with Crippen LogP contribution in [-0.4, -0.2) is 30.4 Å². The second-order valence-electron chi connectivity index (χ2n) is 5.04. The molecule has 0 spiro atoms. The molecule has 1 aromatic carbocycles. The molecule has 2 N–H and O–H groups in total. The summed E-state index contributed by atoms with van der Waals surface area (Å²) >= 11 is 3.09. The van der Waals surface area contributed by atoms with Crippen molar-refractivity contribution in [2.75, 3.05) is 13.6 Å². The van der Waals surface area contributed by atoms with Gasteiger partial charge in [-0.3, -0.25) is 4.79 Å². The van der Waals surface area contributed by atoms with Crippen molar-refractivity contribution in [2.45, 2.75) is 25.3 Å². The minimum atomic E-state index is -0.416. The first-order chi connectivity index (χ1) is 9.04. The van der Waals surface area contributed by atoms with Crippen molar-refractivity contribution in [1.29, 1.82) is 0 Å². The first-order valence-corrected chi connectivity index (χ1v) is 7.26. The Balaban J connectivity index is 2.16. The SMILES string of the molecule is CN(C(=O)c1ccc(Br)c(F)c1)C1CCCC1CN. The van der Waals surface area contributed by atoms with Gasteiger partial charge in [0.25, 0.3) is 5.91 Å². The van der Waals surface area contributed by atoms with Crippen molar-refractivity contribution in [3.05, 3.63) is 34.1 Å². The van der Waals surface area contributed by atoms with E-state index in [-0.39, 0.29) is 11.9 Å². The number of hydrogen-bond acceptors (Lipinski definition) is 2. The lowest BCUT2D eigenvalue weighted by molar-refractivity contribution is 0.0699. The molecule has 1 aliphatic rings. The number of rotatable bonds is 3. The van der Waals surface area contributed by atoms with E-state index >= 15 is 0 Å². The summed E-state index contributed by atoms with van der Waals surface area (Å²) < 4.78 is 13.9. The lowest BCUT2D eigenvalue weighted by Gasteiger charge is -2.29. The van der Waals surface area contributed by atoms with Crippen molar-refractivity contribution in [2.24, 2.45) is 11.7 Å². The second-order valence-corrected chi connectivity index (χ2v) is 5.89. The molecule has 0 aliphatic heterocycles. The van der Waals surface area contributed by atoms with Gasteiger partial charge in [-0.05, 0) is 59.4 Å². The number of carbonyl (C=O) groups is 1. The molecule has 19 heavy (non-hydrogen) atoms. The van der Waals surface area contributed by atoms with Crippen LogP contribution in [0.2, 0.25) is 0 Å². The van der Waals surface area contributed by atoms with E-state index in [1.807, 2.05) is 0 Å². The van der Waals surface area contributed by atoms with E-state index in [1.165, 1.54) is 6.07 Å². The zero-order valence-electron chi connectivity index (χ0n) is 10.9. The van der Waals surface area contributed by atoms with E-state index in [9.17, 15) is 9.18 Å². The molecule has 3 nitrogen and oxygen atoms in total. The Morgan fingerprint density at radius 2 is 2.26 bits per heavy atom. The molecule has 0 radical (unpaired) electrons. The van der Waals surface area contributed by atoms with Crippen molar-refractivity contribution < 1.29 is 9.18 Å². The maximum atomic E-state index is 13.5. The lowest BCUT2D eigenvalue weighted by atomic mass is 10.0. The highest BCUT2D eigenvalue weighted by Gasteiger charge is 2.32. The molecular formula is C14H18BrFN2O. The van der Waals surface area contributed by atoms with Gasteiger partial charge in [-0.1, -0.05) is 6.42 Å². The van der Waals surface area contributed by atoms with Crippen LogP contribution in [0.25, 0.3) is 0 Å². The Bertz CT molecular complexity index is 481. The van der Waals surface area contributed by atoms with Crippen LogP contribution in [0.15, 0.2) is 22.7 Å². The summed E-state index contributed by atoms with van der Waals surface area (Å²) in [5.74, 6) is -0.202. The summed E-state index contributed by atoms with van der Waals surface area (Å²) in [7, 11) is 1.78. The van der Waals surface area contributed by atoms with Gasteiger partial charge in [0.2, 0.25) is 0 Å². The number of amides is 1. The Labute approximate surface area is 121 Å². The number of hydrogen-bond donors (Lipinski definition) is 1. The fourth-order valence-corrected chi connectivity index (χ4v) is 3.03. The zero-order valence-corrected chi connectivity index (χ0v) is 12.5. The van der Waals surface area contributed by atoms with Crippen LogP contribution in [0.5, 0.6) is 0 Å². The second kappa shape index (κ2) is 6.01. The standard InChI is InChI=1S/C14H18BrFN2O/c1-18(13-4-2-3-10(13)8-17)14(19)9-5-6-11(15)12(16)7-9/h5-7,10,13H,2-4,8,17H2,1H3. The van der Waals surface area contributed by atoms with E-state index in [1.54, 1.807) is 24.1 Å². The molecule has 5 heteroatoms. The Morgan fingerprint density at radius 3 is 2.89 bits per heavy atom. The van der Waals surface area contributed by atoms with Crippen LogP contribution in [0, 0.1) is 11.7 Å². The van der Waals surface area contributed by atoms with Gasteiger partial charge in [0, 0.05) is 18.7 Å². The minimum absolute atomic E-state index is 0.142. The average Bonchev–Trinajstić information content (AvgIpc) is 2.88. The van der Waals surface area contributed by atoms with Gasteiger partial charge in [0.05, 0.1) is 4.47 Å².